The van der Waals surface area contributed by atoms with E-state index in [4.69, 9.17) is 4.42 Å². The first-order chi connectivity index (χ1) is 7.56. The average molecular weight is 237 g/mol. The molecule has 1 amide bonds. The van der Waals surface area contributed by atoms with Gasteiger partial charge in [0.2, 0.25) is 5.76 Å². The summed E-state index contributed by atoms with van der Waals surface area (Å²) in [6.45, 7) is 5.31. The van der Waals surface area contributed by atoms with Gasteiger partial charge in [0.05, 0.1) is 11.4 Å². The van der Waals surface area contributed by atoms with E-state index >= 15 is 0 Å². The molecule has 0 saturated heterocycles. The van der Waals surface area contributed by atoms with Crippen LogP contribution in [0.25, 0.3) is 0 Å². The van der Waals surface area contributed by atoms with Crippen LogP contribution >= 0.6 is 11.3 Å². The molecule has 16 heavy (non-hydrogen) atoms. The average Bonchev–Trinajstić information content (AvgIpc) is 2.73. The lowest BCUT2D eigenvalue weighted by Gasteiger charge is -1.97. The van der Waals surface area contributed by atoms with Crippen molar-refractivity contribution in [3.8, 4) is 0 Å². The molecule has 0 aliphatic rings. The van der Waals surface area contributed by atoms with Gasteiger partial charge in [-0.2, -0.15) is 0 Å². The summed E-state index contributed by atoms with van der Waals surface area (Å²) in [7, 11) is 0. The van der Waals surface area contributed by atoms with Crippen LogP contribution < -0.4 is 5.32 Å². The smallest absolute Gasteiger partial charge is 0.295 e. The molecule has 2 aromatic heterocycles. The van der Waals surface area contributed by atoms with E-state index in [1.54, 1.807) is 13.8 Å². The number of anilines is 1. The van der Waals surface area contributed by atoms with Crippen LogP contribution in [0.4, 0.5) is 5.13 Å². The lowest BCUT2D eigenvalue weighted by atomic mass is 10.3. The van der Waals surface area contributed by atoms with Crippen LogP contribution in [0.15, 0.2) is 9.80 Å². The van der Waals surface area contributed by atoms with Gasteiger partial charge < -0.3 is 4.42 Å². The summed E-state index contributed by atoms with van der Waals surface area (Å²) < 4.78 is 5.21. The molecule has 0 aromatic carbocycles. The largest absolute Gasteiger partial charge is 0.436 e. The van der Waals surface area contributed by atoms with Gasteiger partial charge in [0.1, 0.15) is 0 Å². The lowest BCUT2D eigenvalue weighted by molar-refractivity contribution is 0.0994. The Bertz CT molecular complexity index is 530. The summed E-state index contributed by atoms with van der Waals surface area (Å²) in [6.07, 6.45) is 0. The third-order valence-corrected chi connectivity index (χ3v) is 2.82. The zero-order valence-corrected chi connectivity index (χ0v) is 10.0. The number of carbonyl (C=O) groups is 1. The van der Waals surface area contributed by atoms with Crippen LogP contribution in [-0.4, -0.2) is 15.9 Å². The van der Waals surface area contributed by atoms with E-state index in [1.165, 1.54) is 11.3 Å². The molecule has 1 N–H and O–H groups in total. The molecule has 0 saturated carbocycles. The SMILES string of the molecule is Cc1csc(NC(=O)c2oc(C)nc2C)n1. The third kappa shape index (κ3) is 2.11. The van der Waals surface area contributed by atoms with E-state index in [-0.39, 0.29) is 11.7 Å². The first kappa shape index (κ1) is 10.8. The number of aryl methyl sites for hydroxylation is 3. The van der Waals surface area contributed by atoms with Crippen molar-refractivity contribution in [1.29, 1.82) is 0 Å². The maximum absolute atomic E-state index is 11.8. The summed E-state index contributed by atoms with van der Waals surface area (Å²) in [6, 6.07) is 0. The maximum atomic E-state index is 11.8. The second-order valence-corrected chi connectivity index (χ2v) is 4.25. The Labute approximate surface area is 96.5 Å². The van der Waals surface area contributed by atoms with Gasteiger partial charge in [-0.15, -0.1) is 11.3 Å². The molecule has 2 rings (SSSR count). The number of nitrogens with one attached hydrogen (secondary N) is 1. The monoisotopic (exact) mass is 237 g/mol. The zero-order valence-electron chi connectivity index (χ0n) is 9.20. The molecule has 0 spiro atoms. The fourth-order valence-electron chi connectivity index (χ4n) is 1.31. The molecule has 5 nitrogen and oxygen atoms in total. The summed E-state index contributed by atoms with van der Waals surface area (Å²) in [4.78, 5) is 20.0. The van der Waals surface area contributed by atoms with E-state index in [2.05, 4.69) is 15.3 Å². The van der Waals surface area contributed by atoms with Crippen molar-refractivity contribution >= 4 is 22.4 Å². The van der Waals surface area contributed by atoms with Gasteiger partial charge >= 0.3 is 0 Å². The lowest BCUT2D eigenvalue weighted by Crippen LogP contribution is -2.12. The Kier molecular flexibility index (Phi) is 2.74. The van der Waals surface area contributed by atoms with Gasteiger partial charge in [0.25, 0.3) is 5.91 Å². The number of aromatic nitrogens is 2. The van der Waals surface area contributed by atoms with Crippen LogP contribution in [0.2, 0.25) is 0 Å². The van der Waals surface area contributed by atoms with Crippen molar-refractivity contribution < 1.29 is 9.21 Å². The standard InChI is InChI=1S/C10H11N3O2S/c1-5-4-16-10(11-5)13-9(14)8-6(2)12-7(3)15-8/h4H,1-3H3,(H,11,13,14). The molecule has 0 fully saturated rings. The van der Waals surface area contributed by atoms with Crippen molar-refractivity contribution in [3.63, 3.8) is 0 Å². The predicted molar refractivity (Wildman–Crippen MR) is 60.8 cm³/mol. The highest BCUT2D eigenvalue weighted by Gasteiger charge is 2.16. The summed E-state index contributed by atoms with van der Waals surface area (Å²) >= 11 is 1.38. The molecular formula is C10H11N3O2S. The first-order valence-electron chi connectivity index (χ1n) is 4.74. The topological polar surface area (TPSA) is 68.0 Å². The minimum Gasteiger partial charge on any atom is -0.436 e. The number of carbonyl (C=O) groups excluding carboxylic acids is 1. The molecule has 0 radical (unpaired) electrons. The molecule has 0 unspecified atom stereocenters. The normalized spacial score (nSPS) is 10.4. The van der Waals surface area contributed by atoms with Crippen molar-refractivity contribution in [3.05, 3.63) is 28.4 Å². The molecule has 0 aliphatic carbocycles. The Hall–Kier alpha value is -1.69. The fraction of sp³-hybridized carbons (Fsp3) is 0.300. The predicted octanol–water partition coefficient (Wildman–Crippen LogP) is 2.31. The van der Waals surface area contributed by atoms with E-state index in [0.717, 1.165) is 5.69 Å². The number of thiazole rings is 1. The first-order valence-corrected chi connectivity index (χ1v) is 5.61. The van der Waals surface area contributed by atoms with Crippen molar-refractivity contribution in [2.75, 3.05) is 5.32 Å². The van der Waals surface area contributed by atoms with Gasteiger partial charge in [0, 0.05) is 12.3 Å². The molecule has 0 bridgehead atoms. The molecule has 0 aliphatic heterocycles. The van der Waals surface area contributed by atoms with Crippen LogP contribution in [0, 0.1) is 20.8 Å². The van der Waals surface area contributed by atoms with Crippen molar-refractivity contribution in [1.82, 2.24) is 9.97 Å². The van der Waals surface area contributed by atoms with E-state index in [0.29, 0.717) is 16.7 Å². The molecular weight excluding hydrogens is 226 g/mol. The third-order valence-electron chi connectivity index (χ3n) is 1.95. The minimum atomic E-state index is -0.313. The van der Waals surface area contributed by atoms with Crippen molar-refractivity contribution in [2.45, 2.75) is 20.8 Å². The molecule has 2 heterocycles. The van der Waals surface area contributed by atoms with Gasteiger partial charge in [-0.05, 0) is 13.8 Å². The summed E-state index contributed by atoms with van der Waals surface area (Å²) in [5, 5.41) is 5.10. The zero-order chi connectivity index (χ0) is 11.7. The second-order valence-electron chi connectivity index (χ2n) is 3.40. The van der Waals surface area contributed by atoms with Crippen LogP contribution in [0.1, 0.15) is 27.8 Å². The van der Waals surface area contributed by atoms with E-state index in [1.807, 2.05) is 12.3 Å². The highest BCUT2D eigenvalue weighted by molar-refractivity contribution is 7.13. The fourth-order valence-corrected chi connectivity index (χ4v) is 1.99. The Morgan fingerprint density at radius 1 is 1.38 bits per heavy atom. The quantitative estimate of drug-likeness (QED) is 0.870. The number of rotatable bonds is 2. The number of oxazole rings is 1. The summed E-state index contributed by atoms with van der Waals surface area (Å²) in [5.41, 5.74) is 1.47. The minimum absolute atomic E-state index is 0.241. The van der Waals surface area contributed by atoms with Gasteiger partial charge in [-0.25, -0.2) is 9.97 Å². The van der Waals surface area contributed by atoms with Gasteiger partial charge in [-0.1, -0.05) is 0 Å². The molecule has 0 atom stereocenters. The van der Waals surface area contributed by atoms with E-state index < -0.39 is 0 Å². The Morgan fingerprint density at radius 2 is 2.12 bits per heavy atom. The van der Waals surface area contributed by atoms with Crippen LogP contribution in [-0.2, 0) is 0 Å². The highest BCUT2D eigenvalue weighted by atomic mass is 32.1. The molecule has 84 valence electrons. The Morgan fingerprint density at radius 3 is 2.62 bits per heavy atom. The van der Waals surface area contributed by atoms with Crippen LogP contribution in [0.5, 0.6) is 0 Å². The van der Waals surface area contributed by atoms with Crippen molar-refractivity contribution in [2.24, 2.45) is 0 Å². The Balaban J connectivity index is 2.17. The molecule has 6 heteroatoms. The number of amides is 1. The van der Waals surface area contributed by atoms with Gasteiger partial charge in [0.15, 0.2) is 11.0 Å². The summed E-state index contributed by atoms with van der Waals surface area (Å²) in [5.74, 6) is 0.413. The van der Waals surface area contributed by atoms with E-state index in [9.17, 15) is 4.79 Å². The number of hydrogen-bond acceptors (Lipinski definition) is 5. The maximum Gasteiger partial charge on any atom is 0.295 e. The van der Waals surface area contributed by atoms with Crippen LogP contribution in [0.3, 0.4) is 0 Å². The number of nitrogens with zero attached hydrogens (tertiary/aromatic N) is 2. The highest BCUT2D eigenvalue weighted by Crippen LogP contribution is 2.17. The molecule has 2 aromatic rings. The number of hydrogen-bond donors (Lipinski definition) is 1. The second kappa shape index (κ2) is 4.05. The van der Waals surface area contributed by atoms with Gasteiger partial charge in [-0.3, -0.25) is 10.1 Å².